The van der Waals surface area contributed by atoms with Crippen LogP contribution in [0.25, 0.3) is 0 Å². The fourth-order valence-corrected chi connectivity index (χ4v) is 3.35. The third-order valence-electron chi connectivity index (χ3n) is 4.22. The number of benzene rings is 2. The van der Waals surface area contributed by atoms with Gasteiger partial charge < -0.3 is 9.88 Å². The lowest BCUT2D eigenvalue weighted by Gasteiger charge is -2.10. The fraction of sp³-hybridized carbons (Fsp3) is 0.158. The SMILES string of the molecule is Cc1nccn1Cc1ccc(NC(=O)c2ccc(S(=O)(=O)C(F)(F)F)cc2)cc1. The molecule has 3 aromatic rings. The summed E-state index contributed by atoms with van der Waals surface area (Å²) in [5, 5.41) is 2.61. The largest absolute Gasteiger partial charge is 0.501 e. The van der Waals surface area contributed by atoms with E-state index in [0.29, 0.717) is 12.2 Å². The number of rotatable bonds is 5. The standard InChI is InChI=1S/C19H16F3N3O3S/c1-13-23-10-11-25(13)12-14-2-6-16(7-3-14)24-18(26)15-4-8-17(9-5-15)29(27,28)19(20,21)22/h2-11H,12H2,1H3,(H,24,26). The summed E-state index contributed by atoms with van der Waals surface area (Å²) in [5.41, 5.74) is -3.88. The lowest BCUT2D eigenvalue weighted by molar-refractivity contribution is -0.0436. The molecule has 0 aliphatic heterocycles. The van der Waals surface area contributed by atoms with Gasteiger partial charge in [-0.3, -0.25) is 4.79 Å². The maximum atomic E-state index is 12.6. The van der Waals surface area contributed by atoms with Crippen molar-refractivity contribution in [3.05, 3.63) is 77.9 Å². The minimum atomic E-state index is -5.45. The van der Waals surface area contributed by atoms with Crippen molar-refractivity contribution in [2.45, 2.75) is 23.9 Å². The highest BCUT2D eigenvalue weighted by Crippen LogP contribution is 2.30. The van der Waals surface area contributed by atoms with Gasteiger partial charge in [-0.05, 0) is 48.9 Å². The molecular weight excluding hydrogens is 407 g/mol. The molecule has 0 aliphatic carbocycles. The van der Waals surface area contributed by atoms with Crippen LogP contribution < -0.4 is 5.32 Å². The highest BCUT2D eigenvalue weighted by molar-refractivity contribution is 7.92. The third kappa shape index (κ3) is 4.48. The van der Waals surface area contributed by atoms with E-state index in [-0.39, 0.29) is 5.56 Å². The number of nitrogens with one attached hydrogen (secondary N) is 1. The summed E-state index contributed by atoms with van der Waals surface area (Å²) >= 11 is 0. The molecule has 10 heteroatoms. The first-order valence-electron chi connectivity index (χ1n) is 8.37. The van der Waals surface area contributed by atoms with Crippen molar-refractivity contribution in [1.82, 2.24) is 9.55 Å². The van der Waals surface area contributed by atoms with E-state index in [9.17, 15) is 26.4 Å². The van der Waals surface area contributed by atoms with Gasteiger partial charge in [0, 0.05) is 30.2 Å². The van der Waals surface area contributed by atoms with Gasteiger partial charge in [-0.15, -0.1) is 0 Å². The number of aryl methyl sites for hydroxylation is 1. The highest BCUT2D eigenvalue weighted by atomic mass is 32.2. The Morgan fingerprint density at radius 1 is 1.07 bits per heavy atom. The third-order valence-corrected chi connectivity index (χ3v) is 5.72. The summed E-state index contributed by atoms with van der Waals surface area (Å²) < 4.78 is 62.4. The van der Waals surface area contributed by atoms with E-state index < -0.39 is 26.1 Å². The zero-order valence-electron chi connectivity index (χ0n) is 15.1. The Labute approximate surface area is 164 Å². The molecular formula is C19H16F3N3O3S. The van der Waals surface area contributed by atoms with E-state index in [1.54, 1.807) is 18.3 Å². The number of hydrogen-bond acceptors (Lipinski definition) is 4. The zero-order valence-corrected chi connectivity index (χ0v) is 16.0. The molecule has 3 rings (SSSR count). The number of hydrogen-bond donors (Lipinski definition) is 1. The summed E-state index contributed by atoms with van der Waals surface area (Å²) in [6.07, 6.45) is 3.56. The Hall–Kier alpha value is -3.14. The number of anilines is 1. The molecule has 0 spiro atoms. The molecule has 2 aromatic carbocycles. The van der Waals surface area contributed by atoms with Gasteiger partial charge in [-0.25, -0.2) is 13.4 Å². The molecule has 152 valence electrons. The van der Waals surface area contributed by atoms with Gasteiger partial charge >= 0.3 is 5.51 Å². The van der Waals surface area contributed by atoms with Crippen molar-refractivity contribution in [3.63, 3.8) is 0 Å². The van der Waals surface area contributed by atoms with E-state index in [1.807, 2.05) is 29.8 Å². The van der Waals surface area contributed by atoms with Crippen LogP contribution in [0.1, 0.15) is 21.7 Å². The van der Waals surface area contributed by atoms with Crippen LogP contribution in [-0.2, 0) is 16.4 Å². The maximum Gasteiger partial charge on any atom is 0.501 e. The average molecular weight is 423 g/mol. The number of nitrogens with zero attached hydrogens (tertiary/aromatic N) is 2. The van der Waals surface area contributed by atoms with E-state index in [1.165, 1.54) is 0 Å². The summed E-state index contributed by atoms with van der Waals surface area (Å²) in [5.74, 6) is 0.303. The van der Waals surface area contributed by atoms with Crippen LogP contribution in [0.4, 0.5) is 18.9 Å². The van der Waals surface area contributed by atoms with Crippen LogP contribution in [0.5, 0.6) is 0 Å². The zero-order chi connectivity index (χ0) is 21.2. The lowest BCUT2D eigenvalue weighted by Crippen LogP contribution is -2.23. The maximum absolute atomic E-state index is 12.6. The molecule has 0 saturated carbocycles. The van der Waals surface area contributed by atoms with Gasteiger partial charge in [0.2, 0.25) is 0 Å². The number of imidazole rings is 1. The van der Waals surface area contributed by atoms with Crippen LogP contribution in [0, 0.1) is 6.92 Å². The summed E-state index contributed by atoms with van der Waals surface area (Å²) in [7, 11) is -5.45. The van der Waals surface area contributed by atoms with Gasteiger partial charge in [0.1, 0.15) is 5.82 Å². The molecule has 0 radical (unpaired) electrons. The second kappa shape index (κ2) is 7.70. The number of aromatic nitrogens is 2. The van der Waals surface area contributed by atoms with Crippen LogP contribution >= 0.6 is 0 Å². The molecule has 0 atom stereocenters. The van der Waals surface area contributed by atoms with Crippen LogP contribution in [0.15, 0.2) is 65.8 Å². The molecule has 0 bridgehead atoms. The van der Waals surface area contributed by atoms with Crippen molar-refractivity contribution in [3.8, 4) is 0 Å². The first-order chi connectivity index (χ1) is 13.6. The molecule has 29 heavy (non-hydrogen) atoms. The number of halogens is 3. The fourth-order valence-electron chi connectivity index (χ4n) is 2.58. The van der Waals surface area contributed by atoms with E-state index in [2.05, 4.69) is 10.3 Å². The van der Waals surface area contributed by atoms with Gasteiger partial charge in [0.05, 0.1) is 4.90 Å². The summed E-state index contributed by atoms with van der Waals surface area (Å²) in [4.78, 5) is 15.5. The Balaban J connectivity index is 1.68. The predicted molar refractivity (Wildman–Crippen MR) is 100 cm³/mol. The van der Waals surface area contributed by atoms with Crippen molar-refractivity contribution < 1.29 is 26.4 Å². The van der Waals surface area contributed by atoms with E-state index in [4.69, 9.17) is 0 Å². The first-order valence-corrected chi connectivity index (χ1v) is 9.86. The quantitative estimate of drug-likeness (QED) is 0.677. The lowest BCUT2D eigenvalue weighted by atomic mass is 10.2. The first kappa shape index (κ1) is 20.6. The van der Waals surface area contributed by atoms with Crippen LogP contribution in [0.2, 0.25) is 0 Å². The van der Waals surface area contributed by atoms with Crippen LogP contribution in [-0.4, -0.2) is 29.4 Å². The minimum absolute atomic E-state index is 0.0317. The molecule has 1 amide bonds. The smallest absolute Gasteiger partial charge is 0.331 e. The van der Waals surface area contributed by atoms with Crippen molar-refractivity contribution in [1.29, 1.82) is 0 Å². The van der Waals surface area contributed by atoms with Crippen LogP contribution in [0.3, 0.4) is 0 Å². The molecule has 1 aromatic heterocycles. The molecule has 0 aliphatic rings. The van der Waals surface area contributed by atoms with Crippen molar-refractivity contribution in [2.75, 3.05) is 5.32 Å². The Kier molecular flexibility index (Phi) is 5.47. The molecule has 0 unspecified atom stereocenters. The Morgan fingerprint density at radius 3 is 2.21 bits per heavy atom. The summed E-state index contributed by atoms with van der Waals surface area (Å²) in [6, 6.07) is 10.6. The number of carbonyl (C=O) groups is 1. The second-order valence-corrected chi connectivity index (χ2v) is 8.17. The topological polar surface area (TPSA) is 81.1 Å². The predicted octanol–water partition coefficient (Wildman–Crippen LogP) is 3.79. The molecule has 1 heterocycles. The molecule has 6 nitrogen and oxygen atoms in total. The van der Waals surface area contributed by atoms with Gasteiger partial charge in [-0.2, -0.15) is 13.2 Å². The monoisotopic (exact) mass is 423 g/mol. The van der Waals surface area contributed by atoms with Gasteiger partial charge in [-0.1, -0.05) is 12.1 Å². The number of sulfone groups is 1. The number of amides is 1. The normalized spacial score (nSPS) is 12.0. The Bertz CT molecular complexity index is 1120. The average Bonchev–Trinajstić information content (AvgIpc) is 3.07. The number of carbonyl (C=O) groups excluding carboxylic acids is 1. The van der Waals surface area contributed by atoms with Gasteiger partial charge in [0.15, 0.2) is 0 Å². The molecule has 1 N–H and O–H groups in total. The summed E-state index contributed by atoms with van der Waals surface area (Å²) in [6.45, 7) is 2.51. The highest BCUT2D eigenvalue weighted by Gasteiger charge is 2.46. The van der Waals surface area contributed by atoms with Crippen molar-refractivity contribution in [2.24, 2.45) is 0 Å². The minimum Gasteiger partial charge on any atom is -0.331 e. The molecule has 0 saturated heterocycles. The van der Waals surface area contributed by atoms with E-state index in [0.717, 1.165) is 35.7 Å². The Morgan fingerprint density at radius 2 is 1.69 bits per heavy atom. The van der Waals surface area contributed by atoms with Gasteiger partial charge in [0.25, 0.3) is 15.7 Å². The van der Waals surface area contributed by atoms with E-state index >= 15 is 0 Å². The number of alkyl halides is 3. The molecule has 0 fully saturated rings. The second-order valence-electron chi connectivity index (χ2n) is 6.23. The van der Waals surface area contributed by atoms with Crippen molar-refractivity contribution >= 4 is 21.4 Å².